The normalized spacial score (nSPS) is 10.5. The van der Waals surface area contributed by atoms with E-state index in [9.17, 15) is 9.59 Å². The molecule has 1 N–H and O–H groups in total. The van der Waals surface area contributed by atoms with Crippen LogP contribution in [0.15, 0.2) is 95.6 Å². The lowest BCUT2D eigenvalue weighted by Gasteiger charge is -2.20. The Kier molecular flexibility index (Phi) is 7.47. The highest BCUT2D eigenvalue weighted by Crippen LogP contribution is 2.29. The molecule has 0 radical (unpaired) electrons. The number of anilines is 1. The van der Waals surface area contributed by atoms with Crippen LogP contribution in [-0.2, 0) is 13.2 Å². The summed E-state index contributed by atoms with van der Waals surface area (Å²) in [5.41, 5.74) is 2.72. The number of amides is 2. The topological polar surface area (TPSA) is 81.0 Å². The third kappa shape index (κ3) is 5.89. The molecule has 35 heavy (non-hydrogen) atoms. The van der Waals surface area contributed by atoms with E-state index in [2.05, 4.69) is 5.32 Å². The predicted molar refractivity (Wildman–Crippen MR) is 133 cm³/mol. The van der Waals surface area contributed by atoms with Gasteiger partial charge in [-0.2, -0.15) is 0 Å². The van der Waals surface area contributed by atoms with Crippen molar-refractivity contribution in [3.05, 3.63) is 114 Å². The number of methoxy groups -OCH3 is 1. The molecule has 0 aliphatic carbocycles. The van der Waals surface area contributed by atoms with Crippen molar-refractivity contribution in [2.24, 2.45) is 0 Å². The molecule has 0 bridgehead atoms. The van der Waals surface area contributed by atoms with E-state index in [4.69, 9.17) is 13.9 Å². The quantitative estimate of drug-likeness (QED) is 0.355. The van der Waals surface area contributed by atoms with Crippen LogP contribution in [0.3, 0.4) is 0 Å². The van der Waals surface area contributed by atoms with Gasteiger partial charge in [-0.1, -0.05) is 48.5 Å². The lowest BCUT2D eigenvalue weighted by molar-refractivity contribution is 0.0786. The fraction of sp³-hybridized carbons (Fsp3) is 0.143. The summed E-state index contributed by atoms with van der Waals surface area (Å²) in [5.74, 6) is 0.727. The first-order valence-corrected chi connectivity index (χ1v) is 11.1. The number of benzene rings is 3. The second-order valence-electron chi connectivity index (χ2n) is 7.90. The average Bonchev–Trinajstić information content (AvgIpc) is 3.44. The van der Waals surface area contributed by atoms with Gasteiger partial charge in [-0.15, -0.1) is 0 Å². The molecule has 0 unspecified atom stereocenters. The van der Waals surface area contributed by atoms with Crippen molar-refractivity contribution in [2.45, 2.75) is 13.2 Å². The number of rotatable bonds is 9. The highest BCUT2D eigenvalue weighted by atomic mass is 16.5. The maximum absolute atomic E-state index is 13.2. The zero-order valence-corrected chi connectivity index (χ0v) is 19.6. The van der Waals surface area contributed by atoms with Gasteiger partial charge in [0, 0.05) is 13.6 Å². The molecular weight excluding hydrogens is 444 g/mol. The van der Waals surface area contributed by atoms with Crippen LogP contribution < -0.4 is 14.8 Å². The van der Waals surface area contributed by atoms with E-state index in [1.54, 1.807) is 55.5 Å². The van der Waals surface area contributed by atoms with Gasteiger partial charge in [-0.25, -0.2) is 0 Å². The first kappa shape index (κ1) is 23.6. The van der Waals surface area contributed by atoms with Gasteiger partial charge < -0.3 is 24.1 Å². The van der Waals surface area contributed by atoms with Crippen LogP contribution >= 0.6 is 0 Å². The van der Waals surface area contributed by atoms with E-state index < -0.39 is 5.91 Å². The molecule has 1 heterocycles. The van der Waals surface area contributed by atoms with E-state index in [0.717, 1.165) is 11.1 Å². The average molecular weight is 471 g/mol. The van der Waals surface area contributed by atoms with Crippen molar-refractivity contribution in [3.63, 3.8) is 0 Å². The first-order valence-electron chi connectivity index (χ1n) is 11.1. The summed E-state index contributed by atoms with van der Waals surface area (Å²) < 4.78 is 16.6. The molecule has 7 heteroatoms. The van der Waals surface area contributed by atoms with Crippen molar-refractivity contribution in [1.29, 1.82) is 0 Å². The summed E-state index contributed by atoms with van der Waals surface area (Å²) in [4.78, 5) is 27.2. The van der Waals surface area contributed by atoms with Gasteiger partial charge in [0.2, 0.25) is 0 Å². The van der Waals surface area contributed by atoms with Crippen LogP contribution in [0, 0.1) is 0 Å². The zero-order valence-electron chi connectivity index (χ0n) is 19.6. The van der Waals surface area contributed by atoms with Crippen LogP contribution in [0.5, 0.6) is 11.5 Å². The molecular formula is C28H26N2O5. The van der Waals surface area contributed by atoms with E-state index in [-0.39, 0.29) is 11.7 Å². The second-order valence-corrected chi connectivity index (χ2v) is 7.90. The number of ether oxygens (including phenoxy) is 2. The minimum atomic E-state index is -0.422. The lowest BCUT2D eigenvalue weighted by Crippen LogP contribution is -2.27. The molecule has 7 nitrogen and oxygen atoms in total. The van der Waals surface area contributed by atoms with E-state index in [0.29, 0.717) is 35.9 Å². The highest BCUT2D eigenvalue weighted by Gasteiger charge is 2.19. The van der Waals surface area contributed by atoms with E-state index >= 15 is 0 Å². The van der Waals surface area contributed by atoms with Gasteiger partial charge in [-0.3, -0.25) is 9.59 Å². The molecule has 0 aliphatic rings. The molecule has 0 atom stereocenters. The summed E-state index contributed by atoms with van der Waals surface area (Å²) >= 11 is 0. The molecule has 2 amide bonds. The molecule has 4 rings (SSSR count). The summed E-state index contributed by atoms with van der Waals surface area (Å²) in [6.45, 7) is 0.768. The Balaban J connectivity index is 1.44. The van der Waals surface area contributed by atoms with Crippen molar-refractivity contribution in [3.8, 4) is 11.5 Å². The van der Waals surface area contributed by atoms with Gasteiger partial charge in [0.05, 0.1) is 24.6 Å². The Morgan fingerprint density at radius 3 is 2.40 bits per heavy atom. The molecule has 0 fully saturated rings. The number of nitrogens with one attached hydrogen (secondary N) is 1. The predicted octanol–water partition coefficient (Wildman–Crippen LogP) is 5.39. The number of carbonyl (C=O) groups excluding carboxylic acids is 2. The largest absolute Gasteiger partial charge is 0.493 e. The van der Waals surface area contributed by atoms with Gasteiger partial charge in [0.25, 0.3) is 11.8 Å². The highest BCUT2D eigenvalue weighted by molar-refractivity contribution is 6.07. The maximum atomic E-state index is 13.2. The standard InChI is InChI=1S/C28H26N2O5/c1-30(28(32)22-11-6-7-12-23(22)29-27(31)25-13-8-16-34-25)18-21-14-15-24(26(17-21)33-2)35-19-20-9-4-3-5-10-20/h3-17H,18-19H2,1-2H3,(H,29,31). The fourth-order valence-electron chi connectivity index (χ4n) is 3.59. The van der Waals surface area contributed by atoms with Gasteiger partial charge >= 0.3 is 0 Å². The Bertz CT molecular complexity index is 1290. The molecule has 0 saturated heterocycles. The van der Waals surface area contributed by atoms with Gasteiger partial charge in [-0.05, 0) is 47.5 Å². The summed E-state index contributed by atoms with van der Waals surface area (Å²) in [5, 5.41) is 2.75. The number of hydrogen-bond acceptors (Lipinski definition) is 5. The van der Waals surface area contributed by atoms with Crippen LogP contribution in [0.25, 0.3) is 0 Å². The van der Waals surface area contributed by atoms with Crippen LogP contribution in [0.1, 0.15) is 32.0 Å². The Morgan fingerprint density at radius 2 is 1.66 bits per heavy atom. The number of hydrogen-bond donors (Lipinski definition) is 1. The Hall–Kier alpha value is -4.52. The van der Waals surface area contributed by atoms with E-state index in [1.807, 2.05) is 48.5 Å². The summed E-state index contributed by atoms with van der Waals surface area (Å²) in [6.07, 6.45) is 1.42. The van der Waals surface area contributed by atoms with Crippen LogP contribution in [0.4, 0.5) is 5.69 Å². The molecule has 0 spiro atoms. The summed E-state index contributed by atoms with van der Waals surface area (Å²) in [7, 11) is 3.29. The minimum Gasteiger partial charge on any atom is -0.493 e. The molecule has 0 aliphatic heterocycles. The number of furan rings is 1. The van der Waals surface area contributed by atoms with Crippen molar-refractivity contribution in [1.82, 2.24) is 4.90 Å². The lowest BCUT2D eigenvalue weighted by atomic mass is 10.1. The van der Waals surface area contributed by atoms with E-state index in [1.165, 1.54) is 6.26 Å². The van der Waals surface area contributed by atoms with Gasteiger partial charge in [0.15, 0.2) is 17.3 Å². The molecule has 178 valence electrons. The Morgan fingerprint density at radius 1 is 0.886 bits per heavy atom. The minimum absolute atomic E-state index is 0.169. The monoisotopic (exact) mass is 470 g/mol. The van der Waals surface area contributed by atoms with Crippen molar-refractivity contribution < 1.29 is 23.5 Å². The third-order valence-corrected chi connectivity index (χ3v) is 5.38. The molecule has 0 saturated carbocycles. The molecule has 4 aromatic rings. The smallest absolute Gasteiger partial charge is 0.291 e. The fourth-order valence-corrected chi connectivity index (χ4v) is 3.59. The molecule has 3 aromatic carbocycles. The maximum Gasteiger partial charge on any atom is 0.291 e. The number of para-hydroxylation sites is 1. The van der Waals surface area contributed by atoms with Crippen molar-refractivity contribution in [2.75, 3.05) is 19.5 Å². The first-order chi connectivity index (χ1) is 17.0. The van der Waals surface area contributed by atoms with Gasteiger partial charge in [0.1, 0.15) is 6.61 Å². The number of carbonyl (C=O) groups is 2. The van der Waals surface area contributed by atoms with Crippen molar-refractivity contribution >= 4 is 17.5 Å². The Labute approximate surface area is 203 Å². The zero-order chi connectivity index (χ0) is 24.6. The summed E-state index contributed by atoms with van der Waals surface area (Å²) in [6, 6.07) is 25.5. The molecule has 1 aromatic heterocycles. The third-order valence-electron chi connectivity index (χ3n) is 5.38. The van der Waals surface area contributed by atoms with Crippen LogP contribution in [0.2, 0.25) is 0 Å². The number of nitrogens with zero attached hydrogens (tertiary/aromatic N) is 1. The second kappa shape index (κ2) is 11.1. The van der Waals surface area contributed by atoms with Crippen LogP contribution in [-0.4, -0.2) is 30.9 Å². The SMILES string of the molecule is COc1cc(CN(C)C(=O)c2ccccc2NC(=O)c2ccco2)ccc1OCc1ccccc1.